The van der Waals surface area contributed by atoms with Crippen molar-refractivity contribution < 1.29 is 4.74 Å². The van der Waals surface area contributed by atoms with Gasteiger partial charge in [0.15, 0.2) is 5.75 Å². The molecule has 0 radical (unpaired) electrons. The van der Waals surface area contributed by atoms with Crippen molar-refractivity contribution in [2.45, 2.75) is 12.8 Å². The molecule has 2 heterocycles. The number of aromatic nitrogens is 2. The molecule has 0 N–H and O–H groups in total. The van der Waals surface area contributed by atoms with Crippen molar-refractivity contribution in [3.05, 3.63) is 34.1 Å². The Morgan fingerprint density at radius 1 is 1.50 bits per heavy atom. The number of nitrogens with zero attached hydrogens (tertiary/aromatic N) is 2. The molecule has 16 heavy (non-hydrogen) atoms. The van der Waals surface area contributed by atoms with Crippen LogP contribution in [0, 0.1) is 6.92 Å². The summed E-state index contributed by atoms with van der Waals surface area (Å²) in [6.45, 7) is 1.87. The predicted octanol–water partition coefficient (Wildman–Crippen LogP) is 4.03. The highest BCUT2D eigenvalue weighted by molar-refractivity contribution is 7.14. The van der Waals surface area contributed by atoms with Gasteiger partial charge in [-0.2, -0.15) is 4.98 Å². The van der Waals surface area contributed by atoms with Gasteiger partial charge in [-0.1, -0.05) is 22.9 Å². The highest BCUT2D eigenvalue weighted by Gasteiger charge is 2.11. The van der Waals surface area contributed by atoms with E-state index in [1.165, 1.54) is 11.3 Å². The second-order valence-electron chi connectivity index (χ2n) is 3.02. The first-order chi connectivity index (χ1) is 7.70. The lowest BCUT2D eigenvalue weighted by Crippen LogP contribution is -1.88. The summed E-state index contributed by atoms with van der Waals surface area (Å²) in [5.74, 6) is 1.01. The molecule has 2 rings (SSSR count). The summed E-state index contributed by atoms with van der Waals surface area (Å²) in [5, 5.41) is 0.883. The van der Waals surface area contributed by atoms with Crippen molar-refractivity contribution in [3.63, 3.8) is 0 Å². The Bertz CT molecular complexity index is 501. The third-order valence-corrected chi connectivity index (χ3v) is 3.69. The van der Waals surface area contributed by atoms with Crippen LogP contribution < -0.4 is 4.74 Å². The summed E-state index contributed by atoms with van der Waals surface area (Å²) in [6, 6.07) is 3.64. The van der Waals surface area contributed by atoms with Crippen LogP contribution in [0.25, 0.3) is 0 Å². The van der Waals surface area contributed by atoms with Crippen LogP contribution in [0.5, 0.6) is 10.9 Å². The van der Waals surface area contributed by atoms with Gasteiger partial charge in [0, 0.05) is 6.20 Å². The van der Waals surface area contributed by atoms with Crippen molar-refractivity contribution in [1.29, 1.82) is 0 Å². The molecule has 0 unspecified atom stereocenters. The zero-order valence-corrected chi connectivity index (χ0v) is 10.7. The molecule has 0 fully saturated rings. The van der Waals surface area contributed by atoms with Crippen molar-refractivity contribution in [3.8, 4) is 10.9 Å². The molecule has 0 saturated heterocycles. The molecule has 0 aliphatic carbocycles. The van der Waals surface area contributed by atoms with E-state index in [1.807, 2.05) is 13.0 Å². The van der Waals surface area contributed by atoms with E-state index in [4.69, 9.17) is 27.9 Å². The molecular weight excluding hydrogens is 267 g/mol. The van der Waals surface area contributed by atoms with Gasteiger partial charge in [-0.25, -0.2) is 0 Å². The number of halogens is 2. The third kappa shape index (κ3) is 2.45. The average molecular weight is 275 g/mol. The third-order valence-electron chi connectivity index (χ3n) is 1.91. The normalized spacial score (nSPS) is 10.4. The van der Waals surface area contributed by atoms with Crippen LogP contribution in [-0.4, -0.2) is 9.97 Å². The minimum absolute atomic E-state index is 0.339. The van der Waals surface area contributed by atoms with E-state index in [0.717, 1.165) is 10.6 Å². The summed E-state index contributed by atoms with van der Waals surface area (Å²) in [5.41, 5.74) is 0.807. The van der Waals surface area contributed by atoms with Gasteiger partial charge in [0.05, 0.1) is 16.5 Å². The van der Waals surface area contributed by atoms with Crippen LogP contribution in [0.3, 0.4) is 0 Å². The van der Waals surface area contributed by atoms with E-state index in [0.29, 0.717) is 22.0 Å². The fraction of sp³-hybridized carbons (Fsp3) is 0.200. The fourth-order valence-electron chi connectivity index (χ4n) is 1.11. The maximum absolute atomic E-state index is 5.87. The first-order valence-electron chi connectivity index (χ1n) is 4.51. The van der Waals surface area contributed by atoms with E-state index in [2.05, 4.69) is 9.97 Å². The van der Waals surface area contributed by atoms with E-state index >= 15 is 0 Å². The molecule has 6 heteroatoms. The van der Waals surface area contributed by atoms with Crippen molar-refractivity contribution >= 4 is 34.5 Å². The molecule has 0 aromatic carbocycles. The van der Waals surface area contributed by atoms with Crippen LogP contribution >= 0.6 is 34.5 Å². The Morgan fingerprint density at radius 3 is 2.94 bits per heavy atom. The van der Waals surface area contributed by atoms with Gasteiger partial charge < -0.3 is 4.74 Å². The Labute approximate surface area is 107 Å². The molecule has 0 aliphatic rings. The Kier molecular flexibility index (Phi) is 3.63. The highest BCUT2D eigenvalue weighted by Crippen LogP contribution is 2.33. The van der Waals surface area contributed by atoms with Gasteiger partial charge >= 0.3 is 0 Å². The molecule has 0 aliphatic heterocycles. The fourth-order valence-corrected chi connectivity index (χ4v) is 2.44. The molecule has 0 atom stereocenters. The van der Waals surface area contributed by atoms with Gasteiger partial charge in [-0.3, -0.25) is 4.98 Å². The second-order valence-corrected chi connectivity index (χ2v) is 4.69. The Morgan fingerprint density at radius 2 is 2.31 bits per heavy atom. The van der Waals surface area contributed by atoms with Gasteiger partial charge in [-0.15, -0.1) is 11.6 Å². The van der Waals surface area contributed by atoms with Crippen molar-refractivity contribution in [2.24, 2.45) is 0 Å². The topological polar surface area (TPSA) is 35.0 Å². The number of alkyl halides is 1. The number of aryl methyl sites for hydroxylation is 1. The lowest BCUT2D eigenvalue weighted by atomic mass is 10.3. The summed E-state index contributed by atoms with van der Waals surface area (Å²) < 4.78 is 5.57. The second kappa shape index (κ2) is 4.99. The zero-order chi connectivity index (χ0) is 11.5. The molecular formula is C10H8Cl2N2OS. The SMILES string of the molecule is Cc1ncccc1Oc1nc(Cl)c(CCl)s1. The van der Waals surface area contributed by atoms with Crippen LogP contribution in [0.1, 0.15) is 10.6 Å². The van der Waals surface area contributed by atoms with Gasteiger partial charge in [0.2, 0.25) is 0 Å². The molecule has 2 aromatic rings. The number of ether oxygens (including phenoxy) is 1. The number of pyridine rings is 1. The van der Waals surface area contributed by atoms with Gasteiger partial charge in [0.25, 0.3) is 5.19 Å². The highest BCUT2D eigenvalue weighted by atomic mass is 35.5. The molecule has 84 valence electrons. The molecule has 0 saturated carbocycles. The largest absolute Gasteiger partial charge is 0.429 e. The Hall–Kier alpha value is -0.840. The number of thiazole rings is 1. The zero-order valence-electron chi connectivity index (χ0n) is 8.41. The van der Waals surface area contributed by atoms with E-state index in [-0.39, 0.29) is 0 Å². The van der Waals surface area contributed by atoms with Crippen molar-refractivity contribution in [2.75, 3.05) is 0 Å². The number of rotatable bonds is 3. The first kappa shape index (κ1) is 11.6. The summed E-state index contributed by atoms with van der Waals surface area (Å²) >= 11 is 12.9. The van der Waals surface area contributed by atoms with Gasteiger partial charge in [-0.05, 0) is 19.1 Å². The molecule has 0 bridgehead atoms. The number of hydrogen-bond acceptors (Lipinski definition) is 4. The molecule has 3 nitrogen and oxygen atoms in total. The summed E-state index contributed by atoms with van der Waals surface area (Å²) in [4.78, 5) is 8.99. The van der Waals surface area contributed by atoms with Crippen LogP contribution in [-0.2, 0) is 5.88 Å². The average Bonchev–Trinajstić information content (AvgIpc) is 2.62. The lowest BCUT2D eigenvalue weighted by Gasteiger charge is -2.02. The first-order valence-corrected chi connectivity index (χ1v) is 6.24. The van der Waals surface area contributed by atoms with Crippen molar-refractivity contribution in [1.82, 2.24) is 9.97 Å². The standard InChI is InChI=1S/C10H8Cl2N2OS/c1-6-7(3-2-4-13-6)15-10-14-9(12)8(5-11)16-10/h2-4H,5H2,1H3. The van der Waals surface area contributed by atoms with Crippen LogP contribution in [0.15, 0.2) is 18.3 Å². The smallest absolute Gasteiger partial charge is 0.280 e. The summed E-state index contributed by atoms with van der Waals surface area (Å²) in [7, 11) is 0. The van der Waals surface area contributed by atoms with Crippen LogP contribution in [0.4, 0.5) is 0 Å². The number of hydrogen-bond donors (Lipinski definition) is 0. The monoisotopic (exact) mass is 274 g/mol. The predicted molar refractivity (Wildman–Crippen MR) is 65.7 cm³/mol. The molecule has 0 amide bonds. The maximum atomic E-state index is 5.87. The van der Waals surface area contributed by atoms with Crippen LogP contribution in [0.2, 0.25) is 5.15 Å². The van der Waals surface area contributed by atoms with E-state index in [1.54, 1.807) is 12.3 Å². The van der Waals surface area contributed by atoms with E-state index in [9.17, 15) is 0 Å². The quantitative estimate of drug-likeness (QED) is 0.793. The van der Waals surface area contributed by atoms with Gasteiger partial charge in [0.1, 0.15) is 5.15 Å². The van der Waals surface area contributed by atoms with E-state index < -0.39 is 0 Å². The molecule has 0 spiro atoms. The molecule has 2 aromatic heterocycles. The minimum Gasteiger partial charge on any atom is -0.429 e. The summed E-state index contributed by atoms with van der Waals surface area (Å²) in [6.07, 6.45) is 1.71. The maximum Gasteiger partial charge on any atom is 0.280 e. The lowest BCUT2D eigenvalue weighted by molar-refractivity contribution is 0.472. The minimum atomic E-state index is 0.339. The Balaban J connectivity index is 2.24.